The molecule has 0 saturated carbocycles. The molecule has 1 aromatic rings. The summed E-state index contributed by atoms with van der Waals surface area (Å²) >= 11 is 0. The minimum atomic E-state index is -4.13. The Balaban J connectivity index is 2.32. The van der Waals surface area contributed by atoms with E-state index in [4.69, 9.17) is 18.5 Å². The number of hydrogen-bond donors (Lipinski definition) is 1. The quantitative estimate of drug-likeness (QED) is 0.115. The molecule has 220 valence electrons. The second-order valence-electron chi connectivity index (χ2n) is 12.0. The van der Waals surface area contributed by atoms with Crippen molar-refractivity contribution in [1.82, 2.24) is 5.06 Å². The second kappa shape index (κ2) is 13.9. The first-order valence-corrected chi connectivity index (χ1v) is 14.9. The van der Waals surface area contributed by atoms with Crippen molar-refractivity contribution >= 4 is 25.4 Å². The summed E-state index contributed by atoms with van der Waals surface area (Å²) in [6.07, 6.45) is 4.49. The van der Waals surface area contributed by atoms with Crippen molar-refractivity contribution in [3.05, 3.63) is 34.9 Å². The van der Waals surface area contributed by atoms with Crippen LogP contribution in [0.1, 0.15) is 84.4 Å². The molecule has 1 amide bonds. The van der Waals surface area contributed by atoms with Crippen molar-refractivity contribution in [2.24, 2.45) is 10.8 Å². The summed E-state index contributed by atoms with van der Waals surface area (Å²) in [6, 6.07) is 6.10. The van der Waals surface area contributed by atoms with Gasteiger partial charge in [-0.1, -0.05) is 18.2 Å². The highest BCUT2D eigenvalue weighted by atomic mass is 31.2. The molecule has 39 heavy (non-hydrogen) atoms. The van der Waals surface area contributed by atoms with Crippen molar-refractivity contribution in [3.63, 3.8) is 0 Å². The lowest BCUT2D eigenvalue weighted by molar-refractivity contribution is -0.164. The zero-order chi connectivity index (χ0) is 29.4. The normalized spacial score (nSPS) is 14.8. The van der Waals surface area contributed by atoms with Gasteiger partial charge in [0, 0.05) is 13.5 Å². The van der Waals surface area contributed by atoms with E-state index >= 15 is 0 Å². The number of aryl methyl sites for hydroxylation is 2. The van der Waals surface area contributed by atoms with Gasteiger partial charge in [-0.15, -0.1) is 0 Å². The summed E-state index contributed by atoms with van der Waals surface area (Å²) in [5.74, 6) is -1.69. The maximum atomic E-state index is 14.2. The molecule has 0 bridgehead atoms. The predicted octanol–water partition coefficient (Wildman–Crippen LogP) is 5.42. The zero-order valence-corrected chi connectivity index (χ0v) is 25.2. The predicted molar refractivity (Wildman–Crippen MR) is 145 cm³/mol. The van der Waals surface area contributed by atoms with Crippen LogP contribution in [0.15, 0.2) is 18.2 Å². The summed E-state index contributed by atoms with van der Waals surface area (Å²) < 4.78 is 35.8. The summed E-state index contributed by atoms with van der Waals surface area (Å²) in [6.45, 7) is 9.84. The van der Waals surface area contributed by atoms with Crippen LogP contribution in [0.2, 0.25) is 0 Å². The van der Waals surface area contributed by atoms with Crippen LogP contribution < -0.4 is 0 Å². The molecular weight excluding hydrogens is 525 g/mol. The highest BCUT2D eigenvalue weighted by Crippen LogP contribution is 2.55. The molecule has 1 N–H and O–H groups in total. The molecule has 1 atom stereocenters. The van der Waals surface area contributed by atoms with Crippen LogP contribution in [0.4, 0.5) is 0 Å². The summed E-state index contributed by atoms with van der Waals surface area (Å²) in [7, 11) is -4.13. The Labute approximate surface area is 231 Å². The molecule has 1 aliphatic carbocycles. The largest absolute Gasteiger partial charge is 0.438 e. The fraction of sp³-hybridized carbons (Fsp3) is 0.679. The Bertz CT molecular complexity index is 1020. The van der Waals surface area contributed by atoms with Gasteiger partial charge in [-0.25, -0.2) is 5.06 Å². The number of ether oxygens (including phenoxy) is 2. The summed E-state index contributed by atoms with van der Waals surface area (Å²) in [5.41, 5.74) is 0.947. The molecule has 0 aromatic heterocycles. The summed E-state index contributed by atoms with van der Waals surface area (Å²) in [4.78, 5) is 36.2. The monoisotopic (exact) mass is 569 g/mol. The number of carbonyl (C=O) groups is 3. The Morgan fingerprint density at radius 2 is 1.44 bits per heavy atom. The fourth-order valence-electron chi connectivity index (χ4n) is 3.97. The smallest absolute Gasteiger partial charge is 0.339 e. The van der Waals surface area contributed by atoms with Crippen LogP contribution in [0.3, 0.4) is 0 Å². The average Bonchev–Trinajstić information content (AvgIpc) is 2.84. The number of hydrogen-bond acceptors (Lipinski definition) is 9. The number of hydroxylamine groups is 2. The Kier molecular flexibility index (Phi) is 11.7. The van der Waals surface area contributed by atoms with Crippen molar-refractivity contribution in [1.29, 1.82) is 0 Å². The second-order valence-corrected chi connectivity index (χ2v) is 14.3. The maximum absolute atomic E-state index is 14.2. The first-order valence-electron chi connectivity index (χ1n) is 13.3. The molecule has 1 unspecified atom stereocenters. The molecular formula is C28H44NO9P. The Morgan fingerprint density at radius 3 is 1.92 bits per heavy atom. The van der Waals surface area contributed by atoms with Gasteiger partial charge in [0.1, 0.15) is 0 Å². The number of esters is 2. The van der Waals surface area contributed by atoms with E-state index in [1.54, 1.807) is 41.5 Å². The van der Waals surface area contributed by atoms with E-state index < -0.39 is 55.5 Å². The first-order chi connectivity index (χ1) is 18.0. The number of rotatable bonds is 12. The third-order valence-corrected chi connectivity index (χ3v) is 8.70. The third kappa shape index (κ3) is 10.3. The van der Waals surface area contributed by atoms with Crippen LogP contribution in [-0.4, -0.2) is 53.9 Å². The fourth-order valence-corrected chi connectivity index (χ4v) is 5.74. The molecule has 2 rings (SSSR count). The van der Waals surface area contributed by atoms with Gasteiger partial charge in [0.2, 0.25) is 19.5 Å². The van der Waals surface area contributed by atoms with Gasteiger partial charge in [-0.2, -0.15) is 0 Å². The summed E-state index contributed by atoms with van der Waals surface area (Å²) in [5, 5.41) is 10.5. The lowest BCUT2D eigenvalue weighted by Gasteiger charge is -2.29. The number of fused-ring (bicyclic) bond motifs is 1. The van der Waals surface area contributed by atoms with E-state index in [-0.39, 0.29) is 19.4 Å². The number of nitrogens with zero attached hydrogens (tertiary/aromatic N) is 1. The SMILES string of the molecule is CC(=O)N(O)CCC(Cc1ccc2c(c1)CCCC2)P(=O)(OCOC(=O)C(C)(C)C)OCOC(=O)C(C)(C)C. The number of amides is 1. The van der Waals surface area contributed by atoms with Gasteiger partial charge < -0.3 is 9.47 Å². The van der Waals surface area contributed by atoms with Gasteiger partial charge in [-0.05, 0) is 96.8 Å². The molecule has 11 heteroatoms. The van der Waals surface area contributed by atoms with Crippen LogP contribution in [0.25, 0.3) is 0 Å². The molecule has 0 saturated heterocycles. The zero-order valence-electron chi connectivity index (χ0n) is 24.3. The van der Waals surface area contributed by atoms with Crippen molar-refractivity contribution in [2.45, 2.75) is 92.7 Å². The van der Waals surface area contributed by atoms with Crippen LogP contribution in [0.5, 0.6) is 0 Å². The number of benzene rings is 1. The van der Waals surface area contributed by atoms with E-state index in [0.29, 0.717) is 5.06 Å². The minimum absolute atomic E-state index is 0.0465. The topological polar surface area (TPSA) is 129 Å². The highest BCUT2D eigenvalue weighted by Gasteiger charge is 2.38. The number of carbonyl (C=O) groups excluding carboxylic acids is 3. The van der Waals surface area contributed by atoms with E-state index in [1.165, 1.54) is 18.1 Å². The maximum Gasteiger partial charge on any atom is 0.339 e. The van der Waals surface area contributed by atoms with Crippen LogP contribution >= 0.6 is 7.60 Å². The molecule has 0 radical (unpaired) electrons. The lowest BCUT2D eigenvalue weighted by atomic mass is 9.89. The van der Waals surface area contributed by atoms with E-state index in [2.05, 4.69) is 12.1 Å². The molecule has 0 heterocycles. The van der Waals surface area contributed by atoms with Gasteiger partial charge in [0.15, 0.2) is 0 Å². The van der Waals surface area contributed by atoms with E-state index in [0.717, 1.165) is 31.2 Å². The molecule has 0 spiro atoms. The van der Waals surface area contributed by atoms with Crippen molar-refractivity contribution in [3.8, 4) is 0 Å². The highest BCUT2D eigenvalue weighted by molar-refractivity contribution is 7.54. The first kappa shape index (κ1) is 32.9. The Morgan fingerprint density at radius 1 is 0.923 bits per heavy atom. The third-order valence-electron chi connectivity index (χ3n) is 6.44. The molecule has 10 nitrogen and oxygen atoms in total. The lowest BCUT2D eigenvalue weighted by Crippen LogP contribution is -2.30. The molecule has 0 aliphatic heterocycles. The average molecular weight is 570 g/mol. The molecule has 1 aromatic carbocycles. The van der Waals surface area contributed by atoms with Gasteiger partial charge >= 0.3 is 19.5 Å². The molecule has 1 aliphatic rings. The Hall–Kier alpha value is -2.26. The van der Waals surface area contributed by atoms with Crippen molar-refractivity contribution in [2.75, 3.05) is 20.1 Å². The molecule has 0 fully saturated rings. The van der Waals surface area contributed by atoms with Gasteiger partial charge in [-0.3, -0.25) is 33.2 Å². The minimum Gasteiger partial charge on any atom is -0.438 e. The van der Waals surface area contributed by atoms with Crippen LogP contribution in [0, 0.1) is 10.8 Å². The van der Waals surface area contributed by atoms with E-state index in [9.17, 15) is 24.2 Å². The standard InChI is InChI=1S/C28H44NO9P/c1-20(30)29(33)15-14-24(17-21-12-13-22-10-8-9-11-23(22)16-21)39(34,37-18-35-25(31)27(2,3)4)38-19-36-26(32)28(5,6)7/h12-13,16,24,33H,8-11,14-15,17-19H2,1-7H3. The van der Waals surface area contributed by atoms with Gasteiger partial charge in [0.05, 0.1) is 16.5 Å². The van der Waals surface area contributed by atoms with E-state index in [1.807, 2.05) is 6.07 Å². The van der Waals surface area contributed by atoms with Gasteiger partial charge in [0.25, 0.3) is 0 Å². The van der Waals surface area contributed by atoms with Crippen LogP contribution in [-0.2, 0) is 56.7 Å². The van der Waals surface area contributed by atoms with Crippen molar-refractivity contribution < 1.29 is 42.7 Å².